The lowest BCUT2D eigenvalue weighted by molar-refractivity contribution is -0.139. The lowest BCUT2D eigenvalue weighted by atomic mass is 9.93. The Morgan fingerprint density at radius 3 is 2.03 bits per heavy atom. The maximum Gasteiger partial charge on any atom is 0.226 e. The fourth-order valence-electron chi connectivity index (χ4n) is 2.99. The summed E-state index contributed by atoms with van der Waals surface area (Å²) in [6.45, 7) is 20.4. The third-order valence-electron chi connectivity index (χ3n) is 4.30. The molecule has 0 aliphatic carbocycles. The predicted molar refractivity (Wildman–Crippen MR) is 129 cm³/mol. The van der Waals surface area contributed by atoms with Crippen molar-refractivity contribution >= 4 is 16.7 Å². The molecule has 0 aliphatic rings. The molecule has 2 atom stereocenters. The number of rotatable bonds is 14. The van der Waals surface area contributed by atoms with Crippen LogP contribution in [0.15, 0.2) is 0 Å². The van der Waals surface area contributed by atoms with E-state index in [9.17, 15) is 9.00 Å². The molecule has 0 saturated carbocycles. The van der Waals surface area contributed by atoms with Crippen molar-refractivity contribution in [2.45, 2.75) is 80.9 Å². The van der Waals surface area contributed by atoms with Gasteiger partial charge in [0.15, 0.2) is 0 Å². The number of carbonyl (C=O) groups is 1. The SMILES string of the molecule is CC.CC(C)CCOC(C)(N)CC(=O)N(C)CC(C)(C)COCC(C)(C)CS(C)=O. The number of hydrogen-bond acceptors (Lipinski definition) is 5. The van der Waals surface area contributed by atoms with Gasteiger partial charge in [0.2, 0.25) is 5.91 Å². The Bertz CT molecular complexity index is 505. The molecule has 2 unspecified atom stereocenters. The first-order valence-corrected chi connectivity index (χ1v) is 12.8. The van der Waals surface area contributed by atoms with Crippen LogP contribution in [-0.4, -0.2) is 66.2 Å². The largest absolute Gasteiger partial charge is 0.380 e. The lowest BCUT2D eigenvalue weighted by Gasteiger charge is -2.33. The normalized spacial score (nSPS) is 15.2. The Labute approximate surface area is 189 Å². The van der Waals surface area contributed by atoms with E-state index in [2.05, 4.69) is 41.5 Å². The molecular formula is C23H50N2O4S. The second kappa shape index (κ2) is 14.5. The maximum absolute atomic E-state index is 12.6. The van der Waals surface area contributed by atoms with Gasteiger partial charge in [0.05, 0.1) is 19.6 Å². The van der Waals surface area contributed by atoms with E-state index < -0.39 is 16.5 Å². The maximum atomic E-state index is 12.6. The van der Waals surface area contributed by atoms with Crippen molar-refractivity contribution in [2.75, 3.05) is 45.4 Å². The van der Waals surface area contributed by atoms with Crippen molar-refractivity contribution in [1.82, 2.24) is 4.90 Å². The molecule has 2 N–H and O–H groups in total. The van der Waals surface area contributed by atoms with Crippen molar-refractivity contribution in [3.63, 3.8) is 0 Å². The summed E-state index contributed by atoms with van der Waals surface area (Å²) in [6.07, 6.45) is 2.78. The molecule has 0 saturated heterocycles. The molecule has 30 heavy (non-hydrogen) atoms. The minimum atomic E-state index is -0.958. The number of carbonyl (C=O) groups excluding carboxylic acids is 1. The number of nitrogens with zero attached hydrogens (tertiary/aromatic N) is 1. The van der Waals surface area contributed by atoms with Gasteiger partial charge in [-0.15, -0.1) is 0 Å². The molecule has 7 heteroatoms. The van der Waals surface area contributed by atoms with E-state index in [1.54, 1.807) is 25.1 Å². The molecular weight excluding hydrogens is 400 g/mol. The van der Waals surface area contributed by atoms with Crippen LogP contribution < -0.4 is 5.73 Å². The Balaban J connectivity index is 0. The highest BCUT2D eigenvalue weighted by molar-refractivity contribution is 7.84. The predicted octanol–water partition coefficient (Wildman–Crippen LogP) is 4.05. The minimum Gasteiger partial charge on any atom is -0.380 e. The summed E-state index contributed by atoms with van der Waals surface area (Å²) in [4.78, 5) is 14.3. The quantitative estimate of drug-likeness (QED) is 0.404. The van der Waals surface area contributed by atoms with Crippen LogP contribution >= 0.6 is 0 Å². The zero-order chi connectivity index (χ0) is 24.2. The fourth-order valence-corrected chi connectivity index (χ4v) is 4.17. The number of nitrogens with two attached hydrogens (primary N) is 1. The first kappa shape index (κ1) is 31.7. The molecule has 0 fully saturated rings. The molecule has 182 valence electrons. The lowest BCUT2D eigenvalue weighted by Crippen LogP contribution is -2.47. The molecule has 0 spiro atoms. The molecule has 6 nitrogen and oxygen atoms in total. The van der Waals surface area contributed by atoms with Crippen molar-refractivity contribution < 1.29 is 18.5 Å². The van der Waals surface area contributed by atoms with E-state index in [1.165, 1.54) is 0 Å². The summed E-state index contributed by atoms with van der Waals surface area (Å²) < 4.78 is 23.0. The van der Waals surface area contributed by atoms with Crippen molar-refractivity contribution in [2.24, 2.45) is 22.5 Å². The highest BCUT2D eigenvalue weighted by atomic mass is 32.2. The van der Waals surface area contributed by atoms with Gasteiger partial charge < -0.3 is 20.1 Å². The highest BCUT2D eigenvalue weighted by Crippen LogP contribution is 2.22. The van der Waals surface area contributed by atoms with Gasteiger partial charge in [0.25, 0.3) is 0 Å². The summed E-state index contributed by atoms with van der Waals surface area (Å²) >= 11 is 0. The Morgan fingerprint density at radius 1 is 1.07 bits per heavy atom. The first-order valence-electron chi connectivity index (χ1n) is 11.1. The molecule has 0 heterocycles. The average molecular weight is 451 g/mol. The van der Waals surface area contributed by atoms with E-state index in [-0.39, 0.29) is 23.2 Å². The summed E-state index contributed by atoms with van der Waals surface area (Å²) in [5.74, 6) is 1.11. The van der Waals surface area contributed by atoms with Gasteiger partial charge in [-0.25, -0.2) is 0 Å². The summed E-state index contributed by atoms with van der Waals surface area (Å²) in [7, 11) is 0.943. The number of amides is 1. The Hall–Kier alpha value is -0.500. The van der Waals surface area contributed by atoms with Crippen LogP contribution in [0.3, 0.4) is 0 Å². The Morgan fingerprint density at radius 2 is 1.57 bits per heavy atom. The topological polar surface area (TPSA) is 81.9 Å². The van der Waals surface area contributed by atoms with Gasteiger partial charge in [-0.1, -0.05) is 55.4 Å². The van der Waals surface area contributed by atoms with Gasteiger partial charge in [0, 0.05) is 48.4 Å². The third-order valence-corrected chi connectivity index (χ3v) is 5.49. The fraction of sp³-hybridized carbons (Fsp3) is 0.957. The zero-order valence-corrected chi connectivity index (χ0v) is 22.4. The van der Waals surface area contributed by atoms with Crippen LogP contribution in [0.4, 0.5) is 0 Å². The zero-order valence-electron chi connectivity index (χ0n) is 21.6. The van der Waals surface area contributed by atoms with Crippen LogP contribution in [0.5, 0.6) is 0 Å². The number of ether oxygens (including phenoxy) is 2. The molecule has 0 rings (SSSR count). The van der Waals surface area contributed by atoms with E-state index >= 15 is 0 Å². The molecule has 0 aromatic rings. The van der Waals surface area contributed by atoms with Crippen molar-refractivity contribution in [3.05, 3.63) is 0 Å². The third kappa shape index (κ3) is 17.2. The van der Waals surface area contributed by atoms with E-state index in [1.807, 2.05) is 13.8 Å². The summed E-state index contributed by atoms with van der Waals surface area (Å²) in [5.41, 5.74) is 4.86. The van der Waals surface area contributed by atoms with Crippen LogP contribution in [0.25, 0.3) is 0 Å². The second-order valence-corrected chi connectivity index (χ2v) is 11.7. The minimum absolute atomic E-state index is 0.0377. The molecule has 0 bridgehead atoms. The van der Waals surface area contributed by atoms with Crippen LogP contribution in [0.1, 0.15) is 75.2 Å². The van der Waals surface area contributed by atoms with Crippen molar-refractivity contribution in [1.29, 1.82) is 0 Å². The van der Waals surface area contributed by atoms with E-state index in [0.717, 1.165) is 6.42 Å². The van der Waals surface area contributed by atoms with Crippen LogP contribution in [-0.2, 0) is 25.1 Å². The molecule has 0 radical (unpaired) electrons. The van der Waals surface area contributed by atoms with Gasteiger partial charge >= 0.3 is 0 Å². The van der Waals surface area contributed by atoms with Crippen LogP contribution in [0, 0.1) is 16.7 Å². The standard InChI is InChI=1S/C21H44N2O4S.C2H6/c1-17(2)10-11-27-21(7,22)12-18(24)23(8)13-19(3,4)14-26-15-20(5,6)16-28(9)25;1-2/h17H,10-16,22H2,1-9H3;1-2H3. The van der Waals surface area contributed by atoms with Gasteiger partial charge in [-0.2, -0.15) is 0 Å². The molecule has 0 aromatic carbocycles. The Kier molecular flexibility index (Phi) is 15.4. The highest BCUT2D eigenvalue weighted by Gasteiger charge is 2.29. The molecule has 1 amide bonds. The monoisotopic (exact) mass is 450 g/mol. The van der Waals surface area contributed by atoms with Gasteiger partial charge in [-0.3, -0.25) is 9.00 Å². The molecule has 0 aliphatic heterocycles. The second-order valence-electron chi connectivity index (χ2n) is 10.3. The summed E-state index contributed by atoms with van der Waals surface area (Å²) in [5, 5.41) is 0. The number of hydrogen-bond donors (Lipinski definition) is 1. The summed E-state index contributed by atoms with van der Waals surface area (Å²) in [6, 6.07) is 0. The average Bonchev–Trinajstić information content (AvgIpc) is 2.53. The smallest absolute Gasteiger partial charge is 0.226 e. The van der Waals surface area contributed by atoms with Gasteiger partial charge in [0.1, 0.15) is 5.72 Å². The first-order chi connectivity index (χ1) is 13.6. The van der Waals surface area contributed by atoms with Crippen LogP contribution in [0.2, 0.25) is 0 Å². The van der Waals surface area contributed by atoms with Crippen molar-refractivity contribution in [3.8, 4) is 0 Å². The molecule has 0 aromatic heterocycles. The van der Waals surface area contributed by atoms with E-state index in [4.69, 9.17) is 15.2 Å². The van der Waals surface area contributed by atoms with Gasteiger partial charge in [-0.05, 0) is 24.7 Å². The van der Waals surface area contributed by atoms with E-state index in [0.29, 0.717) is 38.0 Å².